The lowest BCUT2D eigenvalue weighted by Gasteiger charge is -2.32. The molecule has 0 aliphatic rings. The molecule has 0 heterocycles. The molecule has 0 saturated heterocycles. The molecule has 0 fully saturated rings. The fourth-order valence-electron chi connectivity index (χ4n) is 2.36. The van der Waals surface area contributed by atoms with E-state index >= 15 is 0 Å². The minimum Gasteiger partial charge on any atom is -0.373 e. The van der Waals surface area contributed by atoms with E-state index in [-0.39, 0.29) is 29.0 Å². The first-order valence-electron chi connectivity index (χ1n) is 8.68. The monoisotopic (exact) mass is 426 g/mol. The van der Waals surface area contributed by atoms with Crippen molar-refractivity contribution in [3.05, 3.63) is 65.7 Å². The van der Waals surface area contributed by atoms with Crippen LogP contribution >= 0.6 is 0 Å². The quantitative estimate of drug-likeness (QED) is 0.423. The Hall–Kier alpha value is -3.27. The number of alkyl halides is 4. The highest BCUT2D eigenvalue weighted by molar-refractivity contribution is 6.09. The van der Waals surface area contributed by atoms with Gasteiger partial charge in [0.1, 0.15) is 0 Å². The summed E-state index contributed by atoms with van der Waals surface area (Å²) in [5, 5.41) is 9.87. The van der Waals surface area contributed by atoms with Gasteiger partial charge in [-0.3, -0.25) is 24.2 Å². The van der Waals surface area contributed by atoms with Crippen molar-refractivity contribution in [3.8, 4) is 0 Å². The first-order chi connectivity index (χ1) is 14.0. The van der Waals surface area contributed by atoms with Crippen molar-refractivity contribution < 1.29 is 37.1 Å². The van der Waals surface area contributed by atoms with Crippen LogP contribution in [-0.2, 0) is 9.59 Å². The topological polar surface area (TPSA) is 86.7 Å². The summed E-state index contributed by atoms with van der Waals surface area (Å²) in [7, 11) is 0. The van der Waals surface area contributed by atoms with Gasteiger partial charge >= 0.3 is 6.18 Å². The maximum Gasteiger partial charge on any atom is 0.426 e. The first-order valence-corrected chi connectivity index (χ1v) is 8.68. The molecule has 2 amide bonds. The fourth-order valence-corrected chi connectivity index (χ4v) is 2.36. The smallest absolute Gasteiger partial charge is 0.373 e. The van der Waals surface area contributed by atoms with Crippen LogP contribution in [0.5, 0.6) is 0 Å². The molecule has 6 nitrogen and oxygen atoms in total. The van der Waals surface area contributed by atoms with Crippen LogP contribution < -0.4 is 10.4 Å². The second-order valence-corrected chi connectivity index (χ2v) is 6.43. The molecule has 0 aliphatic heterocycles. The summed E-state index contributed by atoms with van der Waals surface area (Å²) in [6, 6.07) is 12.9. The van der Waals surface area contributed by atoms with Gasteiger partial charge in [0, 0.05) is 11.1 Å². The molecule has 0 saturated carbocycles. The number of hydrogen-bond donors (Lipinski definition) is 2. The number of aliphatic hydroxyl groups is 1. The summed E-state index contributed by atoms with van der Waals surface area (Å²) >= 11 is 0. The van der Waals surface area contributed by atoms with Crippen LogP contribution in [0.15, 0.2) is 54.6 Å². The van der Waals surface area contributed by atoms with E-state index in [1.54, 1.807) is 30.3 Å². The third-order valence-electron chi connectivity index (χ3n) is 4.15. The van der Waals surface area contributed by atoms with Gasteiger partial charge in [0.2, 0.25) is 11.5 Å². The highest BCUT2D eigenvalue weighted by atomic mass is 19.4. The van der Waals surface area contributed by atoms with Crippen molar-refractivity contribution in [1.29, 1.82) is 0 Å². The Morgan fingerprint density at radius 1 is 0.967 bits per heavy atom. The molecule has 2 N–H and O–H groups in total. The molecule has 2 aromatic rings. The highest BCUT2D eigenvalue weighted by Gasteiger charge is 2.57. The molecule has 0 aliphatic carbocycles. The third kappa shape index (κ3) is 5.01. The molecule has 160 valence electrons. The molecule has 0 aromatic heterocycles. The van der Waals surface area contributed by atoms with E-state index in [0.29, 0.717) is 5.56 Å². The van der Waals surface area contributed by atoms with E-state index in [4.69, 9.17) is 0 Å². The van der Waals surface area contributed by atoms with Crippen molar-refractivity contribution in [2.75, 3.05) is 11.7 Å². The first kappa shape index (κ1) is 23.0. The summed E-state index contributed by atoms with van der Waals surface area (Å²) in [6.07, 6.45) is -6.04. The average Bonchev–Trinajstić information content (AvgIpc) is 2.71. The van der Waals surface area contributed by atoms with Crippen LogP contribution in [0.4, 0.5) is 23.2 Å². The number of hydrazine groups is 1. The van der Waals surface area contributed by atoms with E-state index in [2.05, 4.69) is 0 Å². The largest absolute Gasteiger partial charge is 0.426 e. The lowest BCUT2D eigenvalue weighted by molar-refractivity contribution is -0.244. The Morgan fingerprint density at radius 2 is 1.50 bits per heavy atom. The molecule has 30 heavy (non-hydrogen) atoms. The average molecular weight is 426 g/mol. The number of nitrogens with zero attached hydrogens (tertiary/aromatic N) is 1. The Bertz CT molecular complexity index is 913. The van der Waals surface area contributed by atoms with E-state index in [0.717, 1.165) is 12.1 Å². The van der Waals surface area contributed by atoms with Crippen LogP contribution in [-0.4, -0.2) is 41.2 Å². The van der Waals surface area contributed by atoms with Crippen molar-refractivity contribution >= 4 is 23.3 Å². The van der Waals surface area contributed by atoms with Gasteiger partial charge in [-0.05, 0) is 31.2 Å². The summed E-state index contributed by atoms with van der Waals surface area (Å²) in [5.74, 6) is -3.35. The van der Waals surface area contributed by atoms with E-state index in [1.807, 2.05) is 5.43 Å². The second-order valence-electron chi connectivity index (χ2n) is 6.43. The second kappa shape index (κ2) is 9.04. The zero-order chi connectivity index (χ0) is 22.5. The Morgan fingerprint density at radius 3 is 2.00 bits per heavy atom. The molecular formula is C20H18F4N2O4. The van der Waals surface area contributed by atoms with Crippen molar-refractivity contribution in [2.45, 2.75) is 25.1 Å². The lowest BCUT2D eigenvalue weighted by atomic mass is 10.0. The molecule has 0 radical (unpaired) electrons. The predicted molar refractivity (Wildman–Crippen MR) is 99.2 cm³/mol. The van der Waals surface area contributed by atoms with Crippen LogP contribution in [0, 0.1) is 0 Å². The zero-order valence-electron chi connectivity index (χ0n) is 15.7. The molecular weight excluding hydrogens is 408 g/mol. The summed E-state index contributed by atoms with van der Waals surface area (Å²) < 4.78 is 51.7. The van der Waals surface area contributed by atoms with Gasteiger partial charge in [-0.2, -0.15) is 13.2 Å². The number of anilines is 1. The van der Waals surface area contributed by atoms with E-state index < -0.39 is 36.7 Å². The Labute approximate surface area is 169 Å². The van der Waals surface area contributed by atoms with Crippen molar-refractivity contribution in [2.24, 2.45) is 0 Å². The molecule has 0 unspecified atom stereocenters. The third-order valence-corrected chi connectivity index (χ3v) is 4.15. The molecule has 0 spiro atoms. The van der Waals surface area contributed by atoms with Crippen molar-refractivity contribution in [3.63, 3.8) is 0 Å². The zero-order valence-corrected chi connectivity index (χ0v) is 15.7. The van der Waals surface area contributed by atoms with E-state index in [1.165, 1.54) is 12.1 Å². The molecule has 2 aromatic carbocycles. The van der Waals surface area contributed by atoms with Gasteiger partial charge in [-0.25, -0.2) is 5.01 Å². The molecule has 0 bridgehead atoms. The van der Waals surface area contributed by atoms with Gasteiger partial charge in [-0.1, -0.05) is 30.3 Å². The number of rotatable bonds is 6. The predicted octanol–water partition coefficient (Wildman–Crippen LogP) is 2.95. The standard InChI is InChI=1S/C20H18F4N2O4/c1-19(30,20(22,23)24)18(29)26(25-16(27)11-12-21)15-9-7-14(8-10-15)17(28)13-5-3-2-4-6-13/h2-10,30H,11-12H2,1H3,(H,25,27)/t19-/m0/s1. The van der Waals surface area contributed by atoms with Crippen LogP contribution in [0.25, 0.3) is 0 Å². The van der Waals surface area contributed by atoms with Crippen LogP contribution in [0.2, 0.25) is 0 Å². The number of ketones is 1. The maximum atomic E-state index is 13.1. The number of carbonyl (C=O) groups is 3. The number of amides is 2. The minimum absolute atomic E-state index is 0.176. The molecule has 10 heteroatoms. The van der Waals surface area contributed by atoms with Gasteiger partial charge in [0.25, 0.3) is 5.91 Å². The normalized spacial score (nSPS) is 13.3. The fraction of sp³-hybridized carbons (Fsp3) is 0.250. The Kier molecular flexibility index (Phi) is 6.93. The summed E-state index contributed by atoms with van der Waals surface area (Å²) in [4.78, 5) is 36.5. The number of carbonyl (C=O) groups excluding carboxylic acids is 3. The SMILES string of the molecule is C[C@](O)(C(=O)N(NC(=O)CCF)c1ccc(C(=O)c2ccccc2)cc1)C(F)(F)F. The van der Waals surface area contributed by atoms with Crippen LogP contribution in [0.3, 0.4) is 0 Å². The minimum atomic E-state index is -5.34. The van der Waals surface area contributed by atoms with Gasteiger partial charge in [-0.15, -0.1) is 0 Å². The lowest BCUT2D eigenvalue weighted by Crippen LogP contribution is -2.60. The molecule has 1 atom stereocenters. The highest BCUT2D eigenvalue weighted by Crippen LogP contribution is 2.32. The Balaban J connectivity index is 2.37. The number of nitrogens with one attached hydrogen (secondary N) is 1. The van der Waals surface area contributed by atoms with E-state index in [9.17, 15) is 37.1 Å². The summed E-state index contributed by atoms with van der Waals surface area (Å²) in [6.45, 7) is -0.870. The number of benzene rings is 2. The van der Waals surface area contributed by atoms with Crippen molar-refractivity contribution in [1.82, 2.24) is 5.43 Å². The van der Waals surface area contributed by atoms with Gasteiger partial charge < -0.3 is 5.11 Å². The number of halogens is 4. The number of hydrogen-bond acceptors (Lipinski definition) is 4. The van der Waals surface area contributed by atoms with Gasteiger partial charge in [0.15, 0.2) is 5.78 Å². The van der Waals surface area contributed by atoms with Gasteiger partial charge in [0.05, 0.1) is 18.8 Å². The summed E-state index contributed by atoms with van der Waals surface area (Å²) in [5.41, 5.74) is -1.69. The maximum absolute atomic E-state index is 13.1. The van der Waals surface area contributed by atoms with Crippen LogP contribution in [0.1, 0.15) is 29.3 Å². The molecule has 2 rings (SSSR count).